The van der Waals surface area contributed by atoms with Crippen molar-refractivity contribution in [1.82, 2.24) is 0 Å². The molecule has 6 heteroatoms. The maximum Gasteiger partial charge on any atom is 0.275 e. The molecule has 0 amide bonds. The summed E-state index contributed by atoms with van der Waals surface area (Å²) in [5, 5.41) is 10.6. The first-order chi connectivity index (χ1) is 9.06. The van der Waals surface area contributed by atoms with Gasteiger partial charge in [0.05, 0.1) is 17.6 Å². The van der Waals surface area contributed by atoms with Crippen molar-refractivity contribution in [2.45, 2.75) is 32.6 Å². The van der Waals surface area contributed by atoms with Crippen molar-refractivity contribution < 1.29 is 14.1 Å². The van der Waals surface area contributed by atoms with E-state index in [-0.39, 0.29) is 11.4 Å². The Kier molecular flexibility index (Phi) is 6.62. The average molecular weight is 287 g/mol. The monoisotopic (exact) mass is 287 g/mol. The molecule has 1 rings (SSSR count). The van der Waals surface area contributed by atoms with Gasteiger partial charge in [0.2, 0.25) is 0 Å². The van der Waals surface area contributed by atoms with Crippen LogP contribution in [0.15, 0.2) is 12.1 Å². The molecule has 0 aromatic heterocycles. The van der Waals surface area contributed by atoms with Crippen LogP contribution < -0.4 is 4.74 Å². The fourth-order valence-electron chi connectivity index (χ4n) is 1.70. The number of nitro benzene ring substituents is 1. The van der Waals surface area contributed by atoms with Crippen LogP contribution in [0.25, 0.3) is 0 Å². The molecule has 4 nitrogen and oxygen atoms in total. The standard InChI is InChI=1S/C13H18FNO3S/c1-10-8-13(11(14)9-12(10)15(16)17)18-6-4-2-3-5-7-19/h8-9,19H,2-7H2,1H3. The number of unbranched alkanes of at least 4 members (excludes halogenated alkanes) is 3. The Morgan fingerprint density at radius 1 is 1.32 bits per heavy atom. The lowest BCUT2D eigenvalue weighted by Crippen LogP contribution is -2.01. The van der Waals surface area contributed by atoms with Crippen LogP contribution in [-0.2, 0) is 0 Å². The first-order valence-corrected chi connectivity index (χ1v) is 6.87. The van der Waals surface area contributed by atoms with E-state index in [1.54, 1.807) is 6.92 Å². The fraction of sp³-hybridized carbons (Fsp3) is 0.538. The van der Waals surface area contributed by atoms with Crippen LogP contribution in [0.4, 0.5) is 10.1 Å². The van der Waals surface area contributed by atoms with Crippen molar-refractivity contribution in [1.29, 1.82) is 0 Å². The third-order valence-electron chi connectivity index (χ3n) is 2.76. The average Bonchev–Trinajstić information content (AvgIpc) is 2.36. The lowest BCUT2D eigenvalue weighted by molar-refractivity contribution is -0.385. The zero-order valence-corrected chi connectivity index (χ0v) is 11.8. The van der Waals surface area contributed by atoms with Crippen LogP contribution in [0.1, 0.15) is 31.2 Å². The molecule has 0 aliphatic rings. The number of hydrogen-bond donors (Lipinski definition) is 1. The summed E-state index contributed by atoms with van der Waals surface area (Å²) in [7, 11) is 0. The summed E-state index contributed by atoms with van der Waals surface area (Å²) in [5.41, 5.74) is 0.176. The molecule has 0 bridgehead atoms. The largest absolute Gasteiger partial charge is 0.491 e. The molecule has 0 aliphatic carbocycles. The summed E-state index contributed by atoms with van der Waals surface area (Å²) in [6, 6.07) is 2.28. The minimum atomic E-state index is -0.687. The van der Waals surface area contributed by atoms with Crippen LogP contribution in [0.3, 0.4) is 0 Å². The lowest BCUT2D eigenvalue weighted by atomic mass is 10.2. The van der Waals surface area contributed by atoms with Crippen molar-refractivity contribution in [2.24, 2.45) is 0 Å². The van der Waals surface area contributed by atoms with E-state index in [2.05, 4.69) is 12.6 Å². The summed E-state index contributed by atoms with van der Waals surface area (Å²) < 4.78 is 18.9. The molecule has 19 heavy (non-hydrogen) atoms. The second kappa shape index (κ2) is 7.99. The van der Waals surface area contributed by atoms with E-state index in [9.17, 15) is 14.5 Å². The Labute approximate surface area is 117 Å². The minimum Gasteiger partial charge on any atom is -0.491 e. The number of benzene rings is 1. The molecule has 1 aromatic rings. The molecule has 0 unspecified atom stereocenters. The molecule has 0 saturated carbocycles. The number of aryl methyl sites for hydroxylation is 1. The van der Waals surface area contributed by atoms with Gasteiger partial charge in [-0.25, -0.2) is 4.39 Å². The predicted octanol–water partition coefficient (Wildman–Crippen LogP) is 3.91. The number of thiol groups is 1. The molecule has 106 valence electrons. The smallest absolute Gasteiger partial charge is 0.275 e. The minimum absolute atomic E-state index is 0.0808. The summed E-state index contributed by atoms with van der Waals surface area (Å²) in [4.78, 5) is 10.0. The highest BCUT2D eigenvalue weighted by Crippen LogP contribution is 2.27. The highest BCUT2D eigenvalue weighted by atomic mass is 32.1. The van der Waals surface area contributed by atoms with Crippen LogP contribution >= 0.6 is 12.6 Å². The third-order valence-corrected chi connectivity index (χ3v) is 3.07. The Hall–Kier alpha value is -1.30. The predicted molar refractivity (Wildman–Crippen MR) is 75.6 cm³/mol. The lowest BCUT2D eigenvalue weighted by Gasteiger charge is -2.08. The van der Waals surface area contributed by atoms with E-state index in [1.165, 1.54) is 6.07 Å². The molecule has 0 saturated heterocycles. The number of hydrogen-bond acceptors (Lipinski definition) is 4. The number of nitrogens with zero attached hydrogens (tertiary/aromatic N) is 1. The van der Waals surface area contributed by atoms with Crippen molar-refractivity contribution in [2.75, 3.05) is 12.4 Å². The van der Waals surface area contributed by atoms with Crippen molar-refractivity contribution in [3.63, 3.8) is 0 Å². The number of ether oxygens (including phenoxy) is 1. The number of nitro groups is 1. The zero-order chi connectivity index (χ0) is 14.3. The Morgan fingerprint density at radius 2 is 2.00 bits per heavy atom. The Bertz CT molecular complexity index is 440. The van der Waals surface area contributed by atoms with Crippen molar-refractivity contribution in [3.8, 4) is 5.75 Å². The van der Waals surface area contributed by atoms with Gasteiger partial charge in [-0.15, -0.1) is 0 Å². The molecule has 0 atom stereocenters. The highest BCUT2D eigenvalue weighted by Gasteiger charge is 2.16. The number of halogens is 1. The van der Waals surface area contributed by atoms with Crippen LogP contribution in [-0.4, -0.2) is 17.3 Å². The van der Waals surface area contributed by atoms with E-state index in [4.69, 9.17) is 4.74 Å². The van der Waals surface area contributed by atoms with Gasteiger partial charge in [0, 0.05) is 5.56 Å². The first-order valence-electron chi connectivity index (χ1n) is 6.24. The van der Waals surface area contributed by atoms with Crippen LogP contribution in [0.2, 0.25) is 0 Å². The third kappa shape index (κ3) is 5.06. The van der Waals surface area contributed by atoms with Crippen molar-refractivity contribution >= 4 is 18.3 Å². The molecule has 0 N–H and O–H groups in total. The Morgan fingerprint density at radius 3 is 2.63 bits per heavy atom. The van der Waals surface area contributed by atoms with Gasteiger partial charge in [-0.05, 0) is 31.6 Å². The van der Waals surface area contributed by atoms with E-state index in [1.807, 2.05) is 0 Å². The molecule has 0 aliphatic heterocycles. The topological polar surface area (TPSA) is 52.4 Å². The quantitative estimate of drug-likeness (QED) is 0.341. The summed E-state index contributed by atoms with van der Waals surface area (Å²) in [5.74, 6) is 0.266. The SMILES string of the molecule is Cc1cc(OCCCCCCS)c(F)cc1[N+](=O)[O-]. The molecule has 0 fully saturated rings. The molecular formula is C13H18FNO3S. The molecular weight excluding hydrogens is 269 g/mol. The second-order valence-electron chi connectivity index (χ2n) is 4.31. The Balaban J connectivity index is 2.50. The summed E-state index contributed by atoms with van der Waals surface area (Å²) in [6.45, 7) is 1.98. The van der Waals surface area contributed by atoms with Crippen molar-refractivity contribution in [3.05, 3.63) is 33.6 Å². The maximum atomic E-state index is 13.6. The zero-order valence-electron chi connectivity index (χ0n) is 10.9. The van der Waals surface area contributed by atoms with Gasteiger partial charge in [-0.3, -0.25) is 10.1 Å². The normalized spacial score (nSPS) is 10.5. The molecule has 0 spiro atoms. The van der Waals surface area contributed by atoms with Gasteiger partial charge in [0.25, 0.3) is 5.69 Å². The van der Waals surface area contributed by atoms with E-state index < -0.39 is 10.7 Å². The number of rotatable bonds is 8. The van der Waals surface area contributed by atoms with E-state index in [0.29, 0.717) is 12.2 Å². The van der Waals surface area contributed by atoms with Gasteiger partial charge in [0.15, 0.2) is 11.6 Å². The summed E-state index contributed by atoms with van der Waals surface area (Å²) in [6.07, 6.45) is 3.99. The molecule has 1 aromatic carbocycles. The van der Waals surface area contributed by atoms with Gasteiger partial charge < -0.3 is 4.74 Å². The fourth-order valence-corrected chi connectivity index (χ4v) is 1.92. The second-order valence-corrected chi connectivity index (χ2v) is 4.76. The van der Waals surface area contributed by atoms with Crippen LogP contribution in [0, 0.1) is 22.9 Å². The van der Waals surface area contributed by atoms with Gasteiger partial charge >= 0.3 is 0 Å². The van der Waals surface area contributed by atoms with Gasteiger partial charge in [0.1, 0.15) is 0 Å². The molecule has 0 radical (unpaired) electrons. The molecule has 0 heterocycles. The van der Waals surface area contributed by atoms with E-state index >= 15 is 0 Å². The van der Waals surface area contributed by atoms with Crippen LogP contribution in [0.5, 0.6) is 5.75 Å². The first kappa shape index (κ1) is 15.8. The summed E-state index contributed by atoms with van der Waals surface area (Å²) >= 11 is 4.12. The van der Waals surface area contributed by atoms with Gasteiger partial charge in [-0.1, -0.05) is 12.8 Å². The maximum absolute atomic E-state index is 13.6. The van der Waals surface area contributed by atoms with E-state index in [0.717, 1.165) is 37.5 Å². The highest BCUT2D eigenvalue weighted by molar-refractivity contribution is 7.80. The van der Waals surface area contributed by atoms with Gasteiger partial charge in [-0.2, -0.15) is 12.6 Å².